The molecular weight excluding hydrogens is 189 g/mol. The molecule has 2 rings (SSSR count). The Morgan fingerprint density at radius 1 is 1.40 bits per heavy atom. The average Bonchev–Trinajstić information content (AvgIpc) is 2.20. The molecule has 1 aromatic carbocycles. The second-order valence-electron chi connectivity index (χ2n) is 4.60. The molecule has 0 aliphatic heterocycles. The van der Waals surface area contributed by atoms with Crippen LogP contribution in [-0.2, 0) is 0 Å². The lowest BCUT2D eigenvalue weighted by atomic mass is 9.66. The molecule has 1 saturated carbocycles. The maximum Gasteiger partial charge on any atom is 0.123 e. The summed E-state index contributed by atoms with van der Waals surface area (Å²) in [7, 11) is 2.01. The molecule has 0 amide bonds. The normalized spacial score (nSPS) is 30.0. The minimum atomic E-state index is -0.131. The quantitative estimate of drug-likeness (QED) is 0.786. The molecular formula is C13H18FN. The Hall–Kier alpha value is -0.890. The number of rotatable bonds is 2. The summed E-state index contributed by atoms with van der Waals surface area (Å²) in [6.45, 7) is 4.26. The fourth-order valence-electron chi connectivity index (χ4n) is 2.63. The largest absolute Gasteiger partial charge is 0.317 e. The Morgan fingerprint density at radius 3 is 2.67 bits per heavy atom. The predicted molar refractivity (Wildman–Crippen MR) is 60.5 cm³/mol. The number of benzene rings is 1. The smallest absolute Gasteiger partial charge is 0.123 e. The van der Waals surface area contributed by atoms with Crippen molar-refractivity contribution in [3.63, 3.8) is 0 Å². The Bertz CT molecular complexity index is 362. The van der Waals surface area contributed by atoms with Crippen molar-refractivity contribution >= 4 is 0 Å². The Balaban J connectivity index is 2.18. The van der Waals surface area contributed by atoms with Crippen LogP contribution < -0.4 is 5.32 Å². The first-order valence-corrected chi connectivity index (χ1v) is 5.56. The van der Waals surface area contributed by atoms with Gasteiger partial charge < -0.3 is 5.32 Å². The molecule has 0 bridgehead atoms. The van der Waals surface area contributed by atoms with Gasteiger partial charge in [0, 0.05) is 6.04 Å². The topological polar surface area (TPSA) is 12.0 Å². The third-order valence-corrected chi connectivity index (χ3v) is 3.78. The van der Waals surface area contributed by atoms with Crippen molar-refractivity contribution < 1.29 is 4.39 Å². The van der Waals surface area contributed by atoms with Crippen molar-refractivity contribution in [2.75, 3.05) is 7.05 Å². The van der Waals surface area contributed by atoms with Gasteiger partial charge in [0.05, 0.1) is 0 Å². The van der Waals surface area contributed by atoms with Crippen LogP contribution in [0.5, 0.6) is 0 Å². The molecule has 0 heterocycles. The van der Waals surface area contributed by atoms with Crippen molar-refractivity contribution in [2.24, 2.45) is 5.92 Å². The molecule has 1 nitrogen and oxygen atoms in total. The summed E-state index contributed by atoms with van der Waals surface area (Å²) in [5.74, 6) is 1.12. The van der Waals surface area contributed by atoms with Gasteiger partial charge in [0.2, 0.25) is 0 Å². The Labute approximate surface area is 90.7 Å². The zero-order valence-electron chi connectivity index (χ0n) is 9.55. The molecule has 0 spiro atoms. The third-order valence-electron chi connectivity index (χ3n) is 3.78. The molecule has 15 heavy (non-hydrogen) atoms. The van der Waals surface area contributed by atoms with E-state index in [0.29, 0.717) is 17.9 Å². The predicted octanol–water partition coefficient (Wildman–Crippen LogP) is 2.85. The van der Waals surface area contributed by atoms with Crippen molar-refractivity contribution in [3.8, 4) is 0 Å². The molecule has 1 N–H and O–H groups in total. The number of halogens is 1. The SMILES string of the molecule is CNC1CC(c2ccc(F)cc2C)C1C. The highest BCUT2D eigenvalue weighted by molar-refractivity contribution is 5.32. The highest BCUT2D eigenvalue weighted by Crippen LogP contribution is 2.43. The van der Waals surface area contributed by atoms with Crippen LogP contribution in [0.25, 0.3) is 0 Å². The van der Waals surface area contributed by atoms with Crippen LogP contribution in [0.1, 0.15) is 30.4 Å². The average molecular weight is 207 g/mol. The van der Waals surface area contributed by atoms with Gasteiger partial charge in [-0.2, -0.15) is 0 Å². The van der Waals surface area contributed by atoms with Gasteiger partial charge in [-0.25, -0.2) is 4.39 Å². The van der Waals surface area contributed by atoms with Crippen LogP contribution in [0.15, 0.2) is 18.2 Å². The summed E-state index contributed by atoms with van der Waals surface area (Å²) in [6, 6.07) is 5.77. The molecule has 0 radical (unpaired) electrons. The summed E-state index contributed by atoms with van der Waals surface area (Å²) in [5.41, 5.74) is 2.40. The van der Waals surface area contributed by atoms with Gasteiger partial charge in [-0.3, -0.25) is 0 Å². The van der Waals surface area contributed by atoms with E-state index >= 15 is 0 Å². The van der Waals surface area contributed by atoms with Gasteiger partial charge in [0.15, 0.2) is 0 Å². The van der Waals surface area contributed by atoms with Crippen LogP contribution in [0, 0.1) is 18.7 Å². The summed E-state index contributed by atoms with van der Waals surface area (Å²) in [4.78, 5) is 0. The minimum absolute atomic E-state index is 0.131. The van der Waals surface area contributed by atoms with E-state index in [2.05, 4.69) is 12.2 Å². The molecule has 82 valence electrons. The van der Waals surface area contributed by atoms with Gasteiger partial charge in [-0.1, -0.05) is 13.0 Å². The zero-order valence-corrected chi connectivity index (χ0v) is 9.55. The van der Waals surface area contributed by atoms with Crippen LogP contribution in [0.4, 0.5) is 4.39 Å². The van der Waals surface area contributed by atoms with Crippen molar-refractivity contribution in [3.05, 3.63) is 35.1 Å². The molecule has 0 aromatic heterocycles. The zero-order chi connectivity index (χ0) is 11.0. The standard InChI is InChI=1S/C13H18FN/c1-8-6-10(14)4-5-11(8)12-7-13(15-3)9(12)2/h4-6,9,12-13,15H,7H2,1-3H3. The first-order valence-electron chi connectivity index (χ1n) is 5.56. The lowest BCUT2D eigenvalue weighted by Crippen LogP contribution is -2.46. The van der Waals surface area contributed by atoms with E-state index in [-0.39, 0.29) is 5.82 Å². The van der Waals surface area contributed by atoms with Gasteiger partial charge in [-0.05, 0) is 55.5 Å². The molecule has 3 atom stereocenters. The molecule has 1 aliphatic rings. The lowest BCUT2D eigenvalue weighted by molar-refractivity contribution is 0.193. The number of hydrogen-bond donors (Lipinski definition) is 1. The second kappa shape index (κ2) is 3.93. The molecule has 1 aliphatic carbocycles. The molecule has 0 saturated heterocycles. The number of nitrogens with one attached hydrogen (secondary N) is 1. The van der Waals surface area contributed by atoms with E-state index in [4.69, 9.17) is 0 Å². The van der Waals surface area contributed by atoms with E-state index in [0.717, 1.165) is 5.56 Å². The Kier molecular flexibility index (Phi) is 2.79. The van der Waals surface area contributed by atoms with Crippen LogP contribution in [-0.4, -0.2) is 13.1 Å². The summed E-state index contributed by atoms with van der Waals surface area (Å²) in [6.07, 6.45) is 1.17. The Morgan fingerprint density at radius 2 is 2.13 bits per heavy atom. The highest BCUT2D eigenvalue weighted by Gasteiger charge is 2.37. The van der Waals surface area contributed by atoms with E-state index in [1.165, 1.54) is 12.0 Å². The summed E-state index contributed by atoms with van der Waals surface area (Å²) in [5, 5.41) is 3.31. The fraction of sp³-hybridized carbons (Fsp3) is 0.538. The third kappa shape index (κ3) is 1.78. The van der Waals surface area contributed by atoms with Crippen molar-refractivity contribution in [2.45, 2.75) is 32.2 Å². The highest BCUT2D eigenvalue weighted by atomic mass is 19.1. The van der Waals surface area contributed by atoms with E-state index < -0.39 is 0 Å². The molecule has 1 aromatic rings. The summed E-state index contributed by atoms with van der Waals surface area (Å²) >= 11 is 0. The second-order valence-corrected chi connectivity index (χ2v) is 4.60. The van der Waals surface area contributed by atoms with E-state index in [1.807, 2.05) is 20.0 Å². The molecule has 2 heteroatoms. The maximum absolute atomic E-state index is 13.0. The minimum Gasteiger partial charge on any atom is -0.317 e. The van der Waals surface area contributed by atoms with Gasteiger partial charge in [0.1, 0.15) is 5.82 Å². The maximum atomic E-state index is 13.0. The van der Waals surface area contributed by atoms with Gasteiger partial charge in [-0.15, -0.1) is 0 Å². The fourth-order valence-corrected chi connectivity index (χ4v) is 2.63. The first-order chi connectivity index (χ1) is 7.13. The first kappa shape index (κ1) is 10.6. The van der Waals surface area contributed by atoms with Gasteiger partial charge >= 0.3 is 0 Å². The summed E-state index contributed by atoms with van der Waals surface area (Å²) < 4.78 is 13.0. The molecule has 3 unspecified atom stereocenters. The van der Waals surface area contributed by atoms with Crippen LogP contribution in [0.3, 0.4) is 0 Å². The number of aryl methyl sites for hydroxylation is 1. The van der Waals surface area contributed by atoms with E-state index in [1.54, 1.807) is 12.1 Å². The van der Waals surface area contributed by atoms with Gasteiger partial charge in [0.25, 0.3) is 0 Å². The van der Waals surface area contributed by atoms with Crippen molar-refractivity contribution in [1.82, 2.24) is 5.32 Å². The van der Waals surface area contributed by atoms with Crippen molar-refractivity contribution in [1.29, 1.82) is 0 Å². The van der Waals surface area contributed by atoms with Crippen LogP contribution >= 0.6 is 0 Å². The lowest BCUT2D eigenvalue weighted by Gasteiger charge is -2.43. The molecule has 1 fully saturated rings. The monoisotopic (exact) mass is 207 g/mol. The van der Waals surface area contributed by atoms with Crippen LogP contribution in [0.2, 0.25) is 0 Å². The van der Waals surface area contributed by atoms with E-state index in [9.17, 15) is 4.39 Å². The number of hydrogen-bond acceptors (Lipinski definition) is 1.